The molecule has 0 amide bonds. The van der Waals surface area contributed by atoms with Crippen molar-refractivity contribution in [1.29, 1.82) is 5.26 Å². The monoisotopic (exact) mass is 631 g/mol. The van der Waals surface area contributed by atoms with Crippen LogP contribution in [0.5, 0.6) is 5.75 Å². The number of benzene rings is 1. The third kappa shape index (κ3) is 6.41. The number of alkyl halides is 1. The highest BCUT2D eigenvalue weighted by atomic mass is 35.5. The lowest BCUT2D eigenvalue weighted by molar-refractivity contribution is -0.0328. The molecule has 1 N–H and O–H groups in total. The molecule has 0 saturated carbocycles. The first kappa shape index (κ1) is 30.7. The quantitative estimate of drug-likeness (QED) is 0.313. The Morgan fingerprint density at radius 1 is 1.16 bits per heavy atom. The van der Waals surface area contributed by atoms with Crippen molar-refractivity contribution in [3.63, 3.8) is 0 Å². The van der Waals surface area contributed by atoms with Gasteiger partial charge in [-0.2, -0.15) is 5.26 Å². The number of hydrogen-bond donors (Lipinski definition) is 1. The average molecular weight is 633 g/mol. The number of methoxy groups -OCH3 is 2. The van der Waals surface area contributed by atoms with Crippen LogP contribution in [0.15, 0.2) is 70.8 Å². The molecule has 1 spiro atoms. The van der Waals surface area contributed by atoms with Crippen molar-refractivity contribution in [3.8, 4) is 11.8 Å². The van der Waals surface area contributed by atoms with Crippen LogP contribution >= 0.6 is 23.2 Å². The molecule has 44 heavy (non-hydrogen) atoms. The van der Waals surface area contributed by atoms with Gasteiger partial charge in [-0.25, -0.2) is 0 Å². The van der Waals surface area contributed by atoms with Crippen LogP contribution in [-0.4, -0.2) is 74.2 Å². The van der Waals surface area contributed by atoms with E-state index >= 15 is 0 Å². The maximum Gasteiger partial charge on any atom is 0.135 e. The van der Waals surface area contributed by atoms with Gasteiger partial charge in [-0.1, -0.05) is 42.0 Å². The maximum absolute atomic E-state index is 9.90. The minimum Gasteiger partial charge on any atom is -0.496 e. The van der Waals surface area contributed by atoms with Crippen molar-refractivity contribution in [2.75, 3.05) is 59.3 Å². The number of piperidine rings is 1. The molecule has 2 atom stereocenters. The summed E-state index contributed by atoms with van der Waals surface area (Å²) in [5.41, 5.74) is 5.26. The lowest BCUT2D eigenvalue weighted by atomic mass is 9.72. The summed E-state index contributed by atoms with van der Waals surface area (Å²) in [5.74, 6) is 1.76. The van der Waals surface area contributed by atoms with E-state index in [0.717, 1.165) is 29.4 Å². The SMILES string of the molecule is COC1=C(Cl)CC(Cl)C(Nc2c(C#N)cnc3cc(/C=C/C4=CC=CC(CN5CCC6(CC5)CN(C)C6)C4)c(OC)cc23)=C1. The second kappa shape index (κ2) is 13.0. The Kier molecular flexibility index (Phi) is 9.07. The molecule has 2 aliphatic heterocycles. The Hall–Kier alpha value is -3.28. The number of ether oxygens (including phenoxy) is 2. The average Bonchev–Trinajstić information content (AvgIpc) is 3.01. The van der Waals surface area contributed by atoms with Crippen molar-refractivity contribution in [2.24, 2.45) is 11.3 Å². The first-order valence-corrected chi connectivity index (χ1v) is 16.0. The molecule has 1 aromatic carbocycles. The smallest absolute Gasteiger partial charge is 0.135 e. The van der Waals surface area contributed by atoms with Crippen LogP contribution in [0.25, 0.3) is 17.0 Å². The predicted octanol–water partition coefficient (Wildman–Crippen LogP) is 7.06. The summed E-state index contributed by atoms with van der Waals surface area (Å²) in [4.78, 5) is 9.71. The molecule has 1 aromatic heterocycles. The summed E-state index contributed by atoms with van der Waals surface area (Å²) in [6.07, 6.45) is 18.5. The molecule has 6 rings (SSSR count). The molecule has 9 heteroatoms. The summed E-state index contributed by atoms with van der Waals surface area (Å²) >= 11 is 12.9. The summed E-state index contributed by atoms with van der Waals surface area (Å²) in [6.45, 7) is 6.06. The van der Waals surface area contributed by atoms with Gasteiger partial charge in [0, 0.05) is 55.0 Å². The Labute approximate surface area is 270 Å². The molecule has 230 valence electrons. The third-order valence-corrected chi connectivity index (χ3v) is 10.1. The van der Waals surface area contributed by atoms with Gasteiger partial charge in [-0.15, -0.1) is 11.6 Å². The van der Waals surface area contributed by atoms with Gasteiger partial charge in [-0.05, 0) is 68.4 Å². The molecule has 4 aliphatic rings. The van der Waals surface area contributed by atoms with Crippen LogP contribution in [0.1, 0.15) is 36.8 Å². The first-order chi connectivity index (χ1) is 21.3. The number of likely N-dealkylation sites (tertiary alicyclic amines) is 2. The van der Waals surface area contributed by atoms with Gasteiger partial charge in [0.15, 0.2) is 0 Å². The summed E-state index contributed by atoms with van der Waals surface area (Å²) < 4.78 is 11.2. The van der Waals surface area contributed by atoms with Crippen molar-refractivity contribution in [2.45, 2.75) is 31.1 Å². The molecular formula is C35H39Cl2N5O2. The van der Waals surface area contributed by atoms with E-state index in [2.05, 4.69) is 63.6 Å². The van der Waals surface area contributed by atoms with E-state index in [4.69, 9.17) is 32.7 Å². The number of anilines is 1. The van der Waals surface area contributed by atoms with Crippen LogP contribution in [0.3, 0.4) is 0 Å². The number of aromatic nitrogens is 1. The molecule has 2 saturated heterocycles. The zero-order valence-electron chi connectivity index (χ0n) is 25.6. The van der Waals surface area contributed by atoms with Crippen LogP contribution in [0.4, 0.5) is 5.69 Å². The number of nitriles is 1. The predicted molar refractivity (Wildman–Crippen MR) is 179 cm³/mol. The van der Waals surface area contributed by atoms with Gasteiger partial charge in [0.2, 0.25) is 0 Å². The summed E-state index contributed by atoms with van der Waals surface area (Å²) in [5, 5.41) is 14.2. The van der Waals surface area contributed by atoms with Crippen molar-refractivity contribution < 1.29 is 9.47 Å². The normalized spacial score (nSPS) is 23.8. The zero-order valence-corrected chi connectivity index (χ0v) is 27.1. The fraction of sp³-hybridized carbons (Fsp3) is 0.429. The lowest BCUT2D eigenvalue weighted by Gasteiger charge is -2.53. The Morgan fingerprint density at radius 2 is 1.95 bits per heavy atom. The van der Waals surface area contributed by atoms with Crippen molar-refractivity contribution in [3.05, 3.63) is 81.9 Å². The van der Waals surface area contributed by atoms with Gasteiger partial charge >= 0.3 is 0 Å². The largest absolute Gasteiger partial charge is 0.496 e. The van der Waals surface area contributed by atoms with Gasteiger partial charge in [-0.3, -0.25) is 4.98 Å². The Morgan fingerprint density at radius 3 is 2.66 bits per heavy atom. The van der Waals surface area contributed by atoms with E-state index < -0.39 is 5.38 Å². The Balaban J connectivity index is 1.18. The molecular weight excluding hydrogens is 593 g/mol. The van der Waals surface area contributed by atoms with Crippen LogP contribution in [-0.2, 0) is 4.74 Å². The molecule has 2 fully saturated rings. The highest BCUT2D eigenvalue weighted by Crippen LogP contribution is 2.40. The second-order valence-corrected chi connectivity index (χ2v) is 13.5. The van der Waals surface area contributed by atoms with Gasteiger partial charge in [0.25, 0.3) is 0 Å². The number of nitrogens with one attached hydrogen (secondary N) is 1. The topological polar surface area (TPSA) is 73.7 Å². The van der Waals surface area contributed by atoms with Crippen LogP contribution in [0.2, 0.25) is 0 Å². The van der Waals surface area contributed by atoms with Crippen LogP contribution in [0, 0.1) is 22.7 Å². The molecule has 0 bridgehead atoms. The zero-order chi connectivity index (χ0) is 30.8. The second-order valence-electron chi connectivity index (χ2n) is 12.5. The number of nitrogens with zero attached hydrogens (tertiary/aromatic N) is 4. The van der Waals surface area contributed by atoms with Gasteiger partial charge in [0.05, 0.1) is 41.4 Å². The number of hydrogen-bond acceptors (Lipinski definition) is 7. The molecule has 2 aliphatic carbocycles. The fourth-order valence-corrected chi connectivity index (χ4v) is 7.68. The minimum atomic E-state index is -0.391. The molecule has 2 unspecified atom stereocenters. The third-order valence-electron chi connectivity index (χ3n) is 9.37. The van der Waals surface area contributed by atoms with E-state index in [1.165, 1.54) is 44.6 Å². The lowest BCUT2D eigenvalue weighted by Crippen LogP contribution is -2.58. The van der Waals surface area contributed by atoms with E-state index in [-0.39, 0.29) is 0 Å². The molecule has 7 nitrogen and oxygen atoms in total. The van der Waals surface area contributed by atoms with E-state index in [1.807, 2.05) is 12.1 Å². The first-order valence-electron chi connectivity index (χ1n) is 15.2. The minimum absolute atomic E-state index is 0.391. The molecule has 3 heterocycles. The molecule has 0 radical (unpaired) electrons. The highest BCUT2D eigenvalue weighted by Gasteiger charge is 2.43. The van der Waals surface area contributed by atoms with Gasteiger partial charge < -0.3 is 24.6 Å². The number of allylic oxidation sites excluding steroid dienone is 7. The van der Waals surface area contributed by atoms with Crippen molar-refractivity contribution in [1.82, 2.24) is 14.8 Å². The number of halogens is 2. The molecule has 2 aromatic rings. The fourth-order valence-electron chi connectivity index (χ4n) is 7.05. The highest BCUT2D eigenvalue weighted by molar-refractivity contribution is 6.32. The standard InChI is InChI=1S/C35H39Cl2N5O2/c1-41-21-35(22-41)9-11-42(12-10-35)20-24-6-4-5-23(13-24)7-8-25-14-30-27(15-32(25)43-2)34(26(18-38)19-39-30)40-31-17-33(44-3)29(37)16-28(31)36/h4-8,14-15,17,19,24,28H,9-13,16,20-22H2,1-3H3,(H,39,40)/b8-7+. The number of rotatable bonds is 8. The van der Waals surface area contributed by atoms with E-state index in [1.54, 1.807) is 26.5 Å². The Bertz CT molecular complexity index is 1620. The van der Waals surface area contributed by atoms with Crippen LogP contribution < -0.4 is 10.1 Å². The summed E-state index contributed by atoms with van der Waals surface area (Å²) in [6, 6.07) is 6.18. The van der Waals surface area contributed by atoms with E-state index in [9.17, 15) is 5.26 Å². The number of fused-ring (bicyclic) bond motifs is 1. The van der Waals surface area contributed by atoms with Crippen molar-refractivity contribution >= 4 is 45.9 Å². The number of pyridine rings is 1. The summed E-state index contributed by atoms with van der Waals surface area (Å²) in [7, 11) is 5.46. The maximum atomic E-state index is 9.90. The van der Waals surface area contributed by atoms with Gasteiger partial charge in [0.1, 0.15) is 17.6 Å². The van der Waals surface area contributed by atoms with E-state index in [0.29, 0.717) is 51.2 Å².